The Hall–Kier alpha value is -3.55. The molecule has 3 amide bonds. The van der Waals surface area contributed by atoms with Gasteiger partial charge in [-0.3, -0.25) is 24.1 Å². The lowest BCUT2D eigenvalue weighted by atomic mass is 9.77. The van der Waals surface area contributed by atoms with Crippen LogP contribution >= 0.6 is 0 Å². The SMILES string of the molecule is O=C(O)C1CCCCC1C(=O)N1CCc2ccc(F)cc2C1CN1C(=O)c2ccccc2C1=O. The highest BCUT2D eigenvalue weighted by atomic mass is 19.1. The van der Waals surface area contributed by atoms with Gasteiger partial charge in [-0.25, -0.2) is 4.39 Å². The molecule has 176 valence electrons. The Kier molecular flexibility index (Phi) is 5.67. The number of carboxylic acids is 1. The summed E-state index contributed by atoms with van der Waals surface area (Å²) >= 11 is 0. The van der Waals surface area contributed by atoms with Gasteiger partial charge >= 0.3 is 5.97 Å². The quantitative estimate of drug-likeness (QED) is 0.700. The molecular weight excluding hydrogens is 439 g/mol. The Bertz CT molecular complexity index is 1160. The van der Waals surface area contributed by atoms with Gasteiger partial charge in [-0.2, -0.15) is 0 Å². The Balaban J connectivity index is 1.51. The topological polar surface area (TPSA) is 95.0 Å². The lowest BCUT2D eigenvalue weighted by Gasteiger charge is -2.42. The first kappa shape index (κ1) is 22.3. The Morgan fingerprint density at radius 2 is 1.62 bits per heavy atom. The molecule has 0 bridgehead atoms. The minimum atomic E-state index is -0.988. The molecule has 34 heavy (non-hydrogen) atoms. The summed E-state index contributed by atoms with van der Waals surface area (Å²) < 4.78 is 14.3. The van der Waals surface area contributed by atoms with Gasteiger partial charge in [0, 0.05) is 6.54 Å². The highest BCUT2D eigenvalue weighted by molar-refractivity contribution is 6.21. The van der Waals surface area contributed by atoms with Crippen molar-refractivity contribution in [3.05, 3.63) is 70.5 Å². The number of carboxylic acid groups (broad SMARTS) is 1. The van der Waals surface area contributed by atoms with Crippen molar-refractivity contribution in [1.82, 2.24) is 9.80 Å². The number of amides is 3. The number of nitrogens with zero attached hydrogens (tertiary/aromatic N) is 2. The van der Waals surface area contributed by atoms with Crippen molar-refractivity contribution in [1.29, 1.82) is 0 Å². The third-order valence-corrected chi connectivity index (χ3v) is 7.38. The fraction of sp³-hybridized carbons (Fsp3) is 0.385. The summed E-state index contributed by atoms with van der Waals surface area (Å²) in [5, 5.41) is 9.70. The largest absolute Gasteiger partial charge is 0.481 e. The zero-order chi connectivity index (χ0) is 24.0. The van der Waals surface area contributed by atoms with E-state index >= 15 is 0 Å². The molecule has 0 aromatic heterocycles. The first-order valence-corrected chi connectivity index (χ1v) is 11.6. The predicted octanol–water partition coefficient (Wildman–Crippen LogP) is 3.44. The first-order valence-electron chi connectivity index (χ1n) is 11.6. The van der Waals surface area contributed by atoms with Crippen molar-refractivity contribution >= 4 is 23.7 Å². The number of imide groups is 1. The molecule has 2 aromatic carbocycles. The van der Waals surface area contributed by atoms with E-state index in [2.05, 4.69) is 0 Å². The monoisotopic (exact) mass is 464 g/mol. The van der Waals surface area contributed by atoms with Crippen LogP contribution in [0, 0.1) is 17.7 Å². The number of fused-ring (bicyclic) bond motifs is 2. The molecule has 1 N–H and O–H groups in total. The average molecular weight is 464 g/mol. The maximum Gasteiger partial charge on any atom is 0.307 e. The van der Waals surface area contributed by atoms with Crippen LogP contribution in [0.5, 0.6) is 0 Å². The molecule has 3 atom stereocenters. The van der Waals surface area contributed by atoms with E-state index < -0.39 is 41.5 Å². The lowest BCUT2D eigenvalue weighted by Crippen LogP contribution is -2.50. The number of carbonyl (C=O) groups is 4. The number of halogens is 1. The van der Waals surface area contributed by atoms with Crippen molar-refractivity contribution in [3.63, 3.8) is 0 Å². The van der Waals surface area contributed by atoms with Gasteiger partial charge in [0.1, 0.15) is 5.82 Å². The van der Waals surface area contributed by atoms with Crippen LogP contribution in [0.25, 0.3) is 0 Å². The van der Waals surface area contributed by atoms with Crippen molar-refractivity contribution < 1.29 is 28.7 Å². The smallest absolute Gasteiger partial charge is 0.307 e. The fourth-order valence-electron chi connectivity index (χ4n) is 5.64. The van der Waals surface area contributed by atoms with Crippen molar-refractivity contribution in [2.75, 3.05) is 13.1 Å². The molecule has 0 radical (unpaired) electrons. The molecule has 7 nitrogen and oxygen atoms in total. The van der Waals surface area contributed by atoms with Crippen LogP contribution in [0.1, 0.15) is 63.6 Å². The molecule has 0 saturated heterocycles. The predicted molar refractivity (Wildman–Crippen MR) is 119 cm³/mol. The van der Waals surface area contributed by atoms with Crippen LogP contribution in [-0.2, 0) is 16.0 Å². The summed E-state index contributed by atoms with van der Waals surface area (Å²) in [7, 11) is 0. The number of hydrogen-bond acceptors (Lipinski definition) is 4. The molecule has 2 aromatic rings. The van der Waals surface area contributed by atoms with Gasteiger partial charge in [-0.05, 0) is 54.7 Å². The van der Waals surface area contributed by atoms with Crippen LogP contribution in [0.2, 0.25) is 0 Å². The zero-order valence-electron chi connectivity index (χ0n) is 18.6. The molecule has 2 aliphatic heterocycles. The van der Waals surface area contributed by atoms with Gasteiger partial charge in [-0.15, -0.1) is 0 Å². The summed E-state index contributed by atoms with van der Waals surface area (Å²) in [6, 6.07) is 10.2. The van der Waals surface area contributed by atoms with E-state index in [0.717, 1.165) is 23.3 Å². The summed E-state index contributed by atoms with van der Waals surface area (Å²) in [6.07, 6.45) is 2.93. The molecule has 8 heteroatoms. The van der Waals surface area contributed by atoms with Crippen molar-refractivity contribution in [2.24, 2.45) is 11.8 Å². The number of carbonyl (C=O) groups excluding carboxylic acids is 3. The summed E-state index contributed by atoms with van der Waals surface area (Å²) in [4.78, 5) is 54.3. The number of benzene rings is 2. The molecule has 2 heterocycles. The summed E-state index contributed by atoms with van der Waals surface area (Å²) in [5.41, 5.74) is 2.02. The van der Waals surface area contributed by atoms with E-state index in [0.29, 0.717) is 42.5 Å². The minimum Gasteiger partial charge on any atom is -0.481 e. The van der Waals surface area contributed by atoms with Gasteiger partial charge < -0.3 is 10.0 Å². The van der Waals surface area contributed by atoms with Gasteiger partial charge in [0.2, 0.25) is 5.91 Å². The third-order valence-electron chi connectivity index (χ3n) is 7.38. The molecule has 1 saturated carbocycles. The normalized spacial score (nSPS) is 24.1. The highest BCUT2D eigenvalue weighted by Crippen LogP contribution is 2.38. The van der Waals surface area contributed by atoms with Gasteiger partial charge in [-0.1, -0.05) is 31.0 Å². The van der Waals surface area contributed by atoms with E-state index in [-0.39, 0.29) is 12.5 Å². The second-order valence-electron chi connectivity index (χ2n) is 9.24. The Morgan fingerprint density at radius 3 is 2.26 bits per heavy atom. The molecular formula is C26H25FN2O5. The van der Waals surface area contributed by atoms with Gasteiger partial charge in [0.25, 0.3) is 11.8 Å². The van der Waals surface area contributed by atoms with Gasteiger partial charge in [0.05, 0.1) is 35.5 Å². The van der Waals surface area contributed by atoms with Gasteiger partial charge in [0.15, 0.2) is 0 Å². The second-order valence-corrected chi connectivity index (χ2v) is 9.24. The van der Waals surface area contributed by atoms with Crippen LogP contribution in [0.3, 0.4) is 0 Å². The van der Waals surface area contributed by atoms with Crippen molar-refractivity contribution in [2.45, 2.75) is 38.1 Å². The van der Waals surface area contributed by atoms with Crippen LogP contribution in [-0.4, -0.2) is 51.7 Å². The van der Waals surface area contributed by atoms with E-state index in [9.17, 15) is 28.7 Å². The van der Waals surface area contributed by atoms with E-state index in [1.54, 1.807) is 35.2 Å². The van der Waals surface area contributed by atoms with Crippen LogP contribution < -0.4 is 0 Å². The number of aliphatic carboxylic acids is 1. The molecule has 3 unspecified atom stereocenters. The van der Waals surface area contributed by atoms with Crippen LogP contribution in [0.4, 0.5) is 4.39 Å². The Morgan fingerprint density at radius 1 is 0.971 bits per heavy atom. The molecule has 1 fully saturated rings. The standard InChI is InChI=1S/C26H25FN2O5/c27-16-10-9-15-11-12-28(23(30)19-7-3-4-8-20(19)26(33)34)22(21(15)13-16)14-29-24(31)17-5-1-2-6-18(17)25(29)32/h1-2,5-6,9-10,13,19-20,22H,3-4,7-8,11-12,14H2,(H,33,34). The van der Waals surface area contributed by atoms with Crippen LogP contribution in [0.15, 0.2) is 42.5 Å². The van der Waals surface area contributed by atoms with E-state index in [4.69, 9.17) is 0 Å². The Labute approximate surface area is 196 Å². The zero-order valence-corrected chi connectivity index (χ0v) is 18.6. The first-order chi connectivity index (χ1) is 16.4. The molecule has 3 aliphatic rings. The summed E-state index contributed by atoms with van der Waals surface area (Å²) in [5.74, 6) is -4.10. The molecule has 1 aliphatic carbocycles. The van der Waals surface area contributed by atoms with E-state index in [1.165, 1.54) is 12.1 Å². The summed E-state index contributed by atoms with van der Waals surface area (Å²) in [6.45, 7) is 0.202. The highest BCUT2D eigenvalue weighted by Gasteiger charge is 2.44. The second kappa shape index (κ2) is 8.66. The third kappa shape index (κ3) is 3.67. The average Bonchev–Trinajstić information content (AvgIpc) is 3.08. The lowest BCUT2D eigenvalue weighted by molar-refractivity contribution is -0.153. The maximum absolute atomic E-state index is 14.3. The fourth-order valence-corrected chi connectivity index (χ4v) is 5.64. The van der Waals surface area contributed by atoms with Crippen molar-refractivity contribution in [3.8, 4) is 0 Å². The van der Waals surface area contributed by atoms with E-state index in [1.807, 2.05) is 0 Å². The molecule has 5 rings (SSSR count). The number of rotatable bonds is 4. The molecule has 0 spiro atoms. The minimum absolute atomic E-state index is 0.112. The number of hydrogen-bond donors (Lipinski definition) is 1. The maximum atomic E-state index is 14.3.